The Kier molecular flexibility index (Phi) is 9.44. The smallest absolute Gasteiger partial charge is 0.289 e. The van der Waals surface area contributed by atoms with Gasteiger partial charge in [-0.2, -0.15) is 4.31 Å². The summed E-state index contributed by atoms with van der Waals surface area (Å²) in [6, 6.07) is 5.33. The molecule has 1 aromatic rings. The van der Waals surface area contributed by atoms with Gasteiger partial charge in [-0.15, -0.1) is 0 Å². The van der Waals surface area contributed by atoms with Gasteiger partial charge in [0.05, 0.1) is 16.4 Å². The Bertz CT molecular complexity index is 1060. The molecule has 0 saturated carbocycles. The minimum atomic E-state index is -4.14. The van der Waals surface area contributed by atoms with E-state index in [1.165, 1.54) is 28.6 Å². The van der Waals surface area contributed by atoms with Crippen molar-refractivity contribution in [3.63, 3.8) is 0 Å². The number of sulfonamides is 1. The highest BCUT2D eigenvalue weighted by atomic mass is 32.2. The van der Waals surface area contributed by atoms with Gasteiger partial charge in [-0.05, 0) is 30.6 Å². The zero-order valence-electron chi connectivity index (χ0n) is 20.7. The van der Waals surface area contributed by atoms with E-state index in [-0.39, 0.29) is 34.5 Å². The highest BCUT2D eigenvalue weighted by Crippen LogP contribution is 2.36. The van der Waals surface area contributed by atoms with E-state index in [9.17, 15) is 26.9 Å². The third kappa shape index (κ3) is 7.56. The number of hydrogen-bond acceptors (Lipinski definition) is 8. The van der Waals surface area contributed by atoms with Gasteiger partial charge in [-0.25, -0.2) is 16.8 Å². The van der Waals surface area contributed by atoms with Gasteiger partial charge in [0.1, 0.15) is 0 Å². The molecule has 1 aliphatic heterocycles. The molecule has 13 heteroatoms. The third-order valence-electron chi connectivity index (χ3n) is 6.60. The molecule has 0 bridgehead atoms. The van der Waals surface area contributed by atoms with Gasteiger partial charge in [0.25, 0.3) is 5.69 Å². The van der Waals surface area contributed by atoms with E-state index in [1.54, 1.807) is 0 Å². The molecule has 0 aliphatic carbocycles. The Labute approximate surface area is 204 Å². The fourth-order valence-electron chi connectivity index (χ4n) is 3.33. The Balaban J connectivity index is 2.17. The predicted molar refractivity (Wildman–Crippen MR) is 135 cm³/mol. The summed E-state index contributed by atoms with van der Waals surface area (Å²) in [6.07, 6.45) is 0.445. The Morgan fingerprint density at radius 3 is 2.29 bits per heavy atom. The topological polar surface area (TPSA) is 127 Å². The van der Waals surface area contributed by atoms with Gasteiger partial charge in [-0.3, -0.25) is 10.1 Å². The lowest BCUT2D eigenvalue weighted by atomic mass is 10.2. The average molecular weight is 536 g/mol. The molecule has 0 unspecified atom stereocenters. The second-order valence-corrected chi connectivity index (χ2v) is 19.1. The average Bonchev–Trinajstić information content (AvgIpc) is 2.73. The van der Waals surface area contributed by atoms with Crippen LogP contribution in [-0.4, -0.2) is 90.1 Å². The third-order valence-corrected chi connectivity index (χ3v) is 14.7. The Hall–Kier alpha value is -1.38. The molecular formula is C21H37N3O7S2Si. The molecule has 34 heavy (non-hydrogen) atoms. The normalized spacial score (nSPS) is 17.7. The number of nitro groups is 1. The molecule has 0 amide bonds. The van der Waals surface area contributed by atoms with Crippen LogP contribution in [0.5, 0.6) is 0 Å². The second kappa shape index (κ2) is 11.1. The maximum atomic E-state index is 13.5. The molecule has 1 aliphatic rings. The fourth-order valence-corrected chi connectivity index (χ4v) is 7.32. The molecule has 1 aromatic carbocycles. The summed E-state index contributed by atoms with van der Waals surface area (Å²) in [6.45, 7) is 12.3. The molecule has 0 N–H and O–H groups in total. The number of sulfone groups is 1. The maximum Gasteiger partial charge on any atom is 0.289 e. The molecule has 1 saturated heterocycles. The van der Waals surface area contributed by atoms with Crippen molar-refractivity contribution >= 4 is 33.9 Å². The lowest BCUT2D eigenvalue weighted by Gasteiger charge is -2.36. The zero-order chi connectivity index (χ0) is 25.8. The van der Waals surface area contributed by atoms with Crippen molar-refractivity contribution in [3.05, 3.63) is 34.4 Å². The number of para-hydroxylation sites is 1. The highest BCUT2D eigenvalue weighted by Gasteiger charge is 2.37. The second-order valence-electron chi connectivity index (χ2n) is 10.1. The number of hydrogen-bond donors (Lipinski definition) is 0. The first-order chi connectivity index (χ1) is 15.6. The predicted octanol–water partition coefficient (Wildman–Crippen LogP) is 2.73. The van der Waals surface area contributed by atoms with Crippen molar-refractivity contribution in [2.45, 2.75) is 50.2 Å². The van der Waals surface area contributed by atoms with E-state index < -0.39 is 38.8 Å². The van der Waals surface area contributed by atoms with Gasteiger partial charge < -0.3 is 9.33 Å². The van der Waals surface area contributed by atoms with Crippen LogP contribution >= 0.6 is 0 Å². The van der Waals surface area contributed by atoms with Crippen LogP contribution in [0.3, 0.4) is 0 Å². The molecule has 0 atom stereocenters. The summed E-state index contributed by atoms with van der Waals surface area (Å²) < 4.78 is 57.7. The molecule has 0 spiro atoms. The number of benzene rings is 1. The molecule has 1 fully saturated rings. The van der Waals surface area contributed by atoms with Crippen molar-refractivity contribution in [2.24, 2.45) is 0 Å². The van der Waals surface area contributed by atoms with Crippen LogP contribution < -0.4 is 0 Å². The first kappa shape index (κ1) is 28.9. The van der Waals surface area contributed by atoms with Crippen LogP contribution in [0.2, 0.25) is 18.1 Å². The largest absolute Gasteiger partial charge is 0.417 e. The van der Waals surface area contributed by atoms with Crippen molar-refractivity contribution in [1.29, 1.82) is 0 Å². The van der Waals surface area contributed by atoms with Crippen LogP contribution in [0.25, 0.3) is 0 Å². The summed E-state index contributed by atoms with van der Waals surface area (Å²) in [5.74, 6) is 0.0918. The lowest BCUT2D eigenvalue weighted by molar-refractivity contribution is -0.387. The molecule has 2 rings (SSSR count). The van der Waals surface area contributed by atoms with Gasteiger partial charge >= 0.3 is 0 Å². The minimum Gasteiger partial charge on any atom is -0.417 e. The van der Waals surface area contributed by atoms with Crippen molar-refractivity contribution in [3.8, 4) is 0 Å². The summed E-state index contributed by atoms with van der Waals surface area (Å²) in [5, 5.41) is 11.5. The highest BCUT2D eigenvalue weighted by molar-refractivity contribution is 7.91. The van der Waals surface area contributed by atoms with Crippen molar-refractivity contribution in [2.75, 3.05) is 50.8 Å². The van der Waals surface area contributed by atoms with Crippen molar-refractivity contribution < 1.29 is 26.2 Å². The Morgan fingerprint density at radius 2 is 1.74 bits per heavy atom. The van der Waals surface area contributed by atoms with E-state index in [4.69, 9.17) is 4.43 Å². The van der Waals surface area contributed by atoms with Crippen LogP contribution in [0.15, 0.2) is 29.2 Å². The molecule has 194 valence electrons. The van der Waals surface area contributed by atoms with Gasteiger partial charge in [0.2, 0.25) is 10.0 Å². The maximum absolute atomic E-state index is 13.5. The number of nitro benzene ring substituents is 1. The lowest BCUT2D eigenvalue weighted by Crippen LogP contribution is -2.45. The van der Waals surface area contributed by atoms with E-state index in [2.05, 4.69) is 33.9 Å². The van der Waals surface area contributed by atoms with Crippen LogP contribution in [0, 0.1) is 10.1 Å². The van der Waals surface area contributed by atoms with E-state index >= 15 is 0 Å². The van der Waals surface area contributed by atoms with Gasteiger partial charge in [-0.1, -0.05) is 32.9 Å². The Morgan fingerprint density at radius 1 is 1.15 bits per heavy atom. The molecular weight excluding hydrogens is 498 g/mol. The number of nitrogens with zero attached hydrogens (tertiary/aromatic N) is 3. The van der Waals surface area contributed by atoms with E-state index in [0.29, 0.717) is 32.7 Å². The summed E-state index contributed by atoms with van der Waals surface area (Å²) in [5.41, 5.74) is -0.464. The zero-order valence-corrected chi connectivity index (χ0v) is 23.3. The SMILES string of the molecule is CC(C)(C)[Si](C)(C)OCCCN(CCN1CCS(=O)(=O)CC1)S(=O)(=O)c1ccccc1[N+](=O)[O-]. The van der Waals surface area contributed by atoms with E-state index in [1.807, 2.05) is 4.90 Å². The van der Waals surface area contributed by atoms with E-state index in [0.717, 1.165) is 0 Å². The molecule has 10 nitrogen and oxygen atoms in total. The number of rotatable bonds is 11. The monoisotopic (exact) mass is 535 g/mol. The van der Waals surface area contributed by atoms with Gasteiger partial charge in [0.15, 0.2) is 23.1 Å². The fraction of sp³-hybridized carbons (Fsp3) is 0.714. The minimum absolute atomic E-state index is 0.0258. The summed E-state index contributed by atoms with van der Waals surface area (Å²) in [7, 11) is -9.18. The molecule has 0 radical (unpaired) electrons. The standard InChI is InChI=1S/C21H37N3O7S2Si/c1-21(2,3)34(4,5)31-16-8-11-23(13-12-22-14-17-32(27,28)18-15-22)33(29,30)20-10-7-6-9-19(20)24(25)26/h6-7,9-10H,8,11-18H2,1-5H3. The summed E-state index contributed by atoms with van der Waals surface area (Å²) >= 11 is 0. The summed E-state index contributed by atoms with van der Waals surface area (Å²) in [4.78, 5) is 12.3. The molecule has 0 aromatic heterocycles. The van der Waals surface area contributed by atoms with Crippen LogP contribution in [0.1, 0.15) is 27.2 Å². The van der Waals surface area contributed by atoms with Crippen LogP contribution in [-0.2, 0) is 24.3 Å². The van der Waals surface area contributed by atoms with Crippen molar-refractivity contribution in [1.82, 2.24) is 9.21 Å². The van der Waals surface area contributed by atoms with Gasteiger partial charge in [0, 0.05) is 45.4 Å². The quantitative estimate of drug-likeness (QED) is 0.183. The first-order valence-electron chi connectivity index (χ1n) is 11.4. The first-order valence-corrected chi connectivity index (χ1v) is 17.5. The molecule has 1 heterocycles. The van der Waals surface area contributed by atoms with Crippen LogP contribution in [0.4, 0.5) is 5.69 Å².